The fourth-order valence-electron chi connectivity index (χ4n) is 3.98. The van der Waals surface area contributed by atoms with E-state index in [9.17, 15) is 4.79 Å². The van der Waals surface area contributed by atoms with Crippen molar-refractivity contribution in [3.63, 3.8) is 0 Å². The van der Waals surface area contributed by atoms with Crippen LogP contribution in [0.25, 0.3) is 0 Å². The maximum atomic E-state index is 11.9. The van der Waals surface area contributed by atoms with Crippen LogP contribution in [0.5, 0.6) is 0 Å². The SMILES string of the molecule is CC(C)CN1[C@@H]2CCC[C@H]1CC(NC(=O)C1CC1)C2. The van der Waals surface area contributed by atoms with Crippen molar-refractivity contribution in [1.29, 1.82) is 0 Å². The molecule has 19 heavy (non-hydrogen) atoms. The van der Waals surface area contributed by atoms with E-state index in [0.717, 1.165) is 30.8 Å². The van der Waals surface area contributed by atoms with E-state index in [-0.39, 0.29) is 0 Å². The number of fused-ring (bicyclic) bond motifs is 2. The van der Waals surface area contributed by atoms with Crippen LogP contribution in [-0.2, 0) is 4.79 Å². The van der Waals surface area contributed by atoms with Gasteiger partial charge in [0.1, 0.15) is 0 Å². The van der Waals surface area contributed by atoms with Crippen LogP contribution in [0.3, 0.4) is 0 Å². The van der Waals surface area contributed by atoms with Gasteiger partial charge < -0.3 is 5.32 Å². The van der Waals surface area contributed by atoms with Gasteiger partial charge in [0, 0.05) is 30.6 Å². The second kappa shape index (κ2) is 5.43. The third kappa shape index (κ3) is 3.13. The lowest BCUT2D eigenvalue weighted by Crippen LogP contribution is -2.57. The van der Waals surface area contributed by atoms with Gasteiger partial charge in [0.2, 0.25) is 5.91 Å². The number of amides is 1. The molecule has 2 bridgehead atoms. The zero-order chi connectivity index (χ0) is 13.4. The average Bonchev–Trinajstić information content (AvgIpc) is 3.13. The van der Waals surface area contributed by atoms with E-state index in [1.165, 1.54) is 38.6 Å². The van der Waals surface area contributed by atoms with Crippen LogP contribution in [0.1, 0.15) is 58.8 Å². The van der Waals surface area contributed by atoms with Crippen LogP contribution in [0.4, 0.5) is 0 Å². The summed E-state index contributed by atoms with van der Waals surface area (Å²) >= 11 is 0. The number of carbonyl (C=O) groups is 1. The molecule has 3 atom stereocenters. The second-order valence-corrected chi connectivity index (χ2v) is 7.28. The van der Waals surface area contributed by atoms with E-state index in [1.807, 2.05) is 0 Å². The summed E-state index contributed by atoms with van der Waals surface area (Å²) < 4.78 is 0. The normalized spacial score (nSPS) is 35.4. The first-order valence-electron chi connectivity index (χ1n) is 8.19. The molecular weight excluding hydrogens is 236 g/mol. The van der Waals surface area contributed by atoms with Crippen LogP contribution >= 0.6 is 0 Å². The molecule has 2 aliphatic heterocycles. The molecule has 2 saturated heterocycles. The van der Waals surface area contributed by atoms with E-state index < -0.39 is 0 Å². The van der Waals surface area contributed by atoms with Crippen molar-refractivity contribution in [2.45, 2.75) is 76.9 Å². The van der Waals surface area contributed by atoms with Crippen LogP contribution < -0.4 is 5.32 Å². The molecule has 1 N–H and O–H groups in total. The molecular formula is C16H28N2O. The Bertz CT molecular complexity index is 324. The number of nitrogens with zero attached hydrogens (tertiary/aromatic N) is 1. The van der Waals surface area contributed by atoms with Crippen molar-refractivity contribution in [3.8, 4) is 0 Å². The van der Waals surface area contributed by atoms with Gasteiger partial charge in [-0.3, -0.25) is 9.69 Å². The number of piperidine rings is 2. The lowest BCUT2D eigenvalue weighted by Gasteiger charge is -2.49. The van der Waals surface area contributed by atoms with Crippen LogP contribution in [0, 0.1) is 11.8 Å². The minimum atomic E-state index is 0.334. The topological polar surface area (TPSA) is 32.3 Å². The van der Waals surface area contributed by atoms with Gasteiger partial charge in [-0.15, -0.1) is 0 Å². The third-order valence-electron chi connectivity index (χ3n) is 5.00. The van der Waals surface area contributed by atoms with Crippen molar-refractivity contribution in [2.24, 2.45) is 11.8 Å². The molecule has 0 aromatic heterocycles. The highest BCUT2D eigenvalue weighted by molar-refractivity contribution is 5.81. The van der Waals surface area contributed by atoms with Crippen molar-refractivity contribution >= 4 is 5.91 Å². The van der Waals surface area contributed by atoms with Crippen LogP contribution in [0.2, 0.25) is 0 Å². The molecule has 0 aromatic carbocycles. The smallest absolute Gasteiger partial charge is 0.223 e. The summed E-state index contributed by atoms with van der Waals surface area (Å²) in [4.78, 5) is 14.7. The lowest BCUT2D eigenvalue weighted by atomic mass is 9.81. The van der Waals surface area contributed by atoms with Crippen LogP contribution in [0.15, 0.2) is 0 Å². The molecule has 3 nitrogen and oxygen atoms in total. The van der Waals surface area contributed by atoms with E-state index in [0.29, 0.717) is 17.9 Å². The number of hydrogen-bond donors (Lipinski definition) is 1. The molecule has 1 saturated carbocycles. The molecule has 1 aliphatic carbocycles. The van der Waals surface area contributed by atoms with E-state index in [4.69, 9.17) is 0 Å². The minimum Gasteiger partial charge on any atom is -0.353 e. The minimum absolute atomic E-state index is 0.334. The lowest BCUT2D eigenvalue weighted by molar-refractivity contribution is -0.123. The summed E-state index contributed by atoms with van der Waals surface area (Å²) in [6, 6.07) is 1.89. The largest absolute Gasteiger partial charge is 0.353 e. The van der Waals surface area contributed by atoms with Gasteiger partial charge in [-0.2, -0.15) is 0 Å². The van der Waals surface area contributed by atoms with Crippen molar-refractivity contribution in [2.75, 3.05) is 6.54 Å². The third-order valence-corrected chi connectivity index (χ3v) is 5.00. The Morgan fingerprint density at radius 1 is 1.16 bits per heavy atom. The first-order chi connectivity index (χ1) is 9.13. The molecule has 108 valence electrons. The highest BCUT2D eigenvalue weighted by Crippen LogP contribution is 2.35. The standard InChI is InChI=1S/C16H28N2O/c1-11(2)10-18-14-4-3-5-15(18)9-13(8-14)17-16(19)12-6-7-12/h11-15H,3-10H2,1-2H3,(H,17,19)/t13?,14-,15+. The second-order valence-electron chi connectivity index (χ2n) is 7.28. The van der Waals surface area contributed by atoms with Gasteiger partial charge >= 0.3 is 0 Å². The summed E-state index contributed by atoms with van der Waals surface area (Å²) in [5.74, 6) is 1.44. The summed E-state index contributed by atoms with van der Waals surface area (Å²) in [5, 5.41) is 3.32. The molecule has 0 radical (unpaired) electrons. The van der Waals surface area contributed by atoms with E-state index in [1.54, 1.807) is 0 Å². The Morgan fingerprint density at radius 2 is 1.79 bits per heavy atom. The molecule has 3 rings (SSSR count). The van der Waals surface area contributed by atoms with Crippen molar-refractivity contribution in [3.05, 3.63) is 0 Å². The first kappa shape index (κ1) is 13.4. The fraction of sp³-hybridized carbons (Fsp3) is 0.938. The number of carbonyl (C=O) groups excluding carboxylic acids is 1. The van der Waals surface area contributed by atoms with Gasteiger partial charge in [0.05, 0.1) is 0 Å². The molecule has 2 heterocycles. The average molecular weight is 264 g/mol. The van der Waals surface area contributed by atoms with E-state index in [2.05, 4.69) is 24.1 Å². The highest BCUT2D eigenvalue weighted by atomic mass is 16.2. The van der Waals surface area contributed by atoms with Crippen molar-refractivity contribution in [1.82, 2.24) is 10.2 Å². The van der Waals surface area contributed by atoms with Gasteiger partial charge in [-0.25, -0.2) is 0 Å². The predicted molar refractivity (Wildman–Crippen MR) is 76.9 cm³/mol. The van der Waals surface area contributed by atoms with Crippen molar-refractivity contribution < 1.29 is 4.79 Å². The van der Waals surface area contributed by atoms with Gasteiger partial charge in [-0.05, 0) is 44.4 Å². The van der Waals surface area contributed by atoms with Gasteiger partial charge in [-0.1, -0.05) is 20.3 Å². The zero-order valence-electron chi connectivity index (χ0n) is 12.4. The van der Waals surface area contributed by atoms with E-state index >= 15 is 0 Å². The Morgan fingerprint density at radius 3 is 2.32 bits per heavy atom. The Kier molecular flexibility index (Phi) is 3.84. The molecule has 0 spiro atoms. The quantitative estimate of drug-likeness (QED) is 0.846. The molecule has 3 fully saturated rings. The summed E-state index contributed by atoms with van der Waals surface area (Å²) in [5.41, 5.74) is 0. The fourth-order valence-corrected chi connectivity index (χ4v) is 3.98. The predicted octanol–water partition coefficient (Wildman–Crippen LogP) is 2.55. The molecule has 1 unspecified atom stereocenters. The first-order valence-corrected chi connectivity index (χ1v) is 8.19. The number of hydrogen-bond acceptors (Lipinski definition) is 2. The Labute approximate surface area is 117 Å². The molecule has 3 heteroatoms. The highest BCUT2D eigenvalue weighted by Gasteiger charge is 2.40. The number of nitrogens with one attached hydrogen (secondary N) is 1. The molecule has 3 aliphatic rings. The Hall–Kier alpha value is -0.570. The maximum Gasteiger partial charge on any atom is 0.223 e. The summed E-state index contributed by atoms with van der Waals surface area (Å²) in [7, 11) is 0. The zero-order valence-corrected chi connectivity index (χ0v) is 12.4. The summed E-state index contributed by atoms with van der Waals surface area (Å²) in [6.45, 7) is 5.87. The monoisotopic (exact) mass is 264 g/mol. The molecule has 1 amide bonds. The number of rotatable bonds is 4. The maximum absolute atomic E-state index is 11.9. The molecule has 0 aromatic rings. The van der Waals surface area contributed by atoms with Crippen LogP contribution in [-0.4, -0.2) is 35.5 Å². The Balaban J connectivity index is 1.59. The van der Waals surface area contributed by atoms with Gasteiger partial charge in [0.25, 0.3) is 0 Å². The summed E-state index contributed by atoms with van der Waals surface area (Å²) in [6.07, 6.45) is 8.64. The van der Waals surface area contributed by atoms with Gasteiger partial charge in [0.15, 0.2) is 0 Å².